The topological polar surface area (TPSA) is 95.1 Å². The number of hydrogen-bond donors (Lipinski definition) is 2. The third-order valence-electron chi connectivity index (χ3n) is 6.25. The molecule has 1 aliphatic heterocycles. The zero-order valence-corrected chi connectivity index (χ0v) is 18.9. The fourth-order valence-corrected chi connectivity index (χ4v) is 5.04. The van der Waals surface area contributed by atoms with E-state index >= 15 is 0 Å². The summed E-state index contributed by atoms with van der Waals surface area (Å²) in [6.07, 6.45) is -1.24. The number of hydrogen-bond acceptors (Lipinski definition) is 6. The zero-order chi connectivity index (χ0) is 24.8. The number of fused-ring (bicyclic) bond motifs is 2. The molecule has 0 spiro atoms. The average Bonchev–Trinajstić information content (AvgIpc) is 3.39. The Hall–Kier alpha value is -3.34. The van der Waals surface area contributed by atoms with Crippen molar-refractivity contribution in [3.05, 3.63) is 47.2 Å². The van der Waals surface area contributed by atoms with Crippen molar-refractivity contribution < 1.29 is 41.7 Å². The smallest absolute Gasteiger partial charge is 0.484 e. The SMILES string of the molecule is O=C(COc1ccc(Cl)c(F)c1)NC12CCC(NC(=O)COc3ccc4c(c3)OC(F)(F)O4)(C1)C2. The molecule has 35 heavy (non-hydrogen) atoms. The fraction of sp³-hybridized carbons (Fsp3) is 0.391. The van der Waals surface area contributed by atoms with Crippen LogP contribution >= 0.6 is 11.6 Å². The second-order valence-corrected chi connectivity index (χ2v) is 9.35. The maximum atomic E-state index is 13.5. The first kappa shape index (κ1) is 23.4. The molecule has 2 bridgehead atoms. The van der Waals surface area contributed by atoms with Gasteiger partial charge >= 0.3 is 6.29 Å². The lowest BCUT2D eigenvalue weighted by molar-refractivity contribution is -0.286. The minimum absolute atomic E-state index is 0.0366. The first-order valence-corrected chi connectivity index (χ1v) is 11.1. The van der Waals surface area contributed by atoms with Crippen molar-refractivity contribution in [2.75, 3.05) is 13.2 Å². The third-order valence-corrected chi connectivity index (χ3v) is 6.56. The van der Waals surface area contributed by atoms with Crippen LogP contribution in [0, 0.1) is 5.82 Å². The maximum Gasteiger partial charge on any atom is 0.586 e. The van der Waals surface area contributed by atoms with Gasteiger partial charge in [0.1, 0.15) is 17.3 Å². The molecule has 2 N–H and O–H groups in total. The molecule has 3 saturated carbocycles. The predicted octanol–water partition coefficient (Wildman–Crippen LogP) is 3.56. The number of carbonyl (C=O) groups is 2. The van der Waals surface area contributed by atoms with Crippen LogP contribution in [0.25, 0.3) is 0 Å². The predicted molar refractivity (Wildman–Crippen MR) is 115 cm³/mol. The van der Waals surface area contributed by atoms with Gasteiger partial charge in [-0.25, -0.2) is 4.39 Å². The molecule has 0 aromatic heterocycles. The third kappa shape index (κ3) is 4.90. The molecule has 2 aromatic rings. The molecule has 0 atom stereocenters. The molecule has 186 valence electrons. The van der Waals surface area contributed by atoms with Crippen LogP contribution in [0.15, 0.2) is 36.4 Å². The highest BCUT2D eigenvalue weighted by Gasteiger charge is 2.62. The summed E-state index contributed by atoms with van der Waals surface area (Å²) in [5.74, 6) is -1.27. The number of ether oxygens (including phenoxy) is 4. The second-order valence-electron chi connectivity index (χ2n) is 8.94. The van der Waals surface area contributed by atoms with Gasteiger partial charge in [0.15, 0.2) is 24.7 Å². The molecular weight excluding hydrogens is 493 g/mol. The normalized spacial score (nSPS) is 24.9. The van der Waals surface area contributed by atoms with Crippen molar-refractivity contribution in [1.82, 2.24) is 10.6 Å². The van der Waals surface area contributed by atoms with Gasteiger partial charge < -0.3 is 29.6 Å². The Morgan fingerprint density at radius 2 is 1.43 bits per heavy atom. The quantitative estimate of drug-likeness (QED) is 0.562. The number of rotatable bonds is 8. The molecule has 6 rings (SSSR count). The van der Waals surface area contributed by atoms with Crippen LogP contribution in [0.3, 0.4) is 0 Å². The summed E-state index contributed by atoms with van der Waals surface area (Å²) in [4.78, 5) is 24.7. The van der Waals surface area contributed by atoms with E-state index in [2.05, 4.69) is 20.1 Å². The van der Waals surface area contributed by atoms with Crippen LogP contribution in [-0.4, -0.2) is 42.4 Å². The van der Waals surface area contributed by atoms with Gasteiger partial charge in [-0.2, -0.15) is 0 Å². The summed E-state index contributed by atoms with van der Waals surface area (Å²) in [6.45, 7) is -0.597. The second kappa shape index (κ2) is 8.40. The molecule has 1 heterocycles. The fourth-order valence-electron chi connectivity index (χ4n) is 4.92. The van der Waals surface area contributed by atoms with E-state index in [0.29, 0.717) is 25.7 Å². The van der Waals surface area contributed by atoms with Crippen LogP contribution in [0.5, 0.6) is 23.0 Å². The number of alkyl halides is 2. The van der Waals surface area contributed by atoms with E-state index < -0.39 is 23.2 Å². The van der Waals surface area contributed by atoms with Crippen molar-refractivity contribution >= 4 is 23.4 Å². The first-order valence-electron chi connectivity index (χ1n) is 10.8. The summed E-state index contributed by atoms with van der Waals surface area (Å²) in [6, 6.07) is 7.81. The van der Waals surface area contributed by atoms with E-state index in [9.17, 15) is 22.8 Å². The Bertz CT molecular complexity index is 1190. The number of carbonyl (C=O) groups excluding carboxylic acids is 2. The van der Waals surface area contributed by atoms with Crippen LogP contribution in [0.2, 0.25) is 5.02 Å². The standard InChI is InChI=1S/C23H20ClF3N2O6/c24-15-3-1-13(7-16(15)25)32-9-19(30)28-21-5-6-22(11-21,12-21)29-20(31)10-33-14-2-4-17-18(8-14)35-23(26,27)34-17/h1-4,7-8H,5-6,9-12H2,(H,28,30)(H,29,31). The zero-order valence-electron chi connectivity index (χ0n) is 18.2. The van der Waals surface area contributed by atoms with Gasteiger partial charge in [-0.3, -0.25) is 9.59 Å². The monoisotopic (exact) mass is 512 g/mol. The van der Waals surface area contributed by atoms with Crippen molar-refractivity contribution in [3.8, 4) is 23.0 Å². The summed E-state index contributed by atoms with van der Waals surface area (Å²) in [7, 11) is 0. The molecule has 2 amide bonds. The summed E-state index contributed by atoms with van der Waals surface area (Å²) in [5.41, 5.74) is -0.868. The van der Waals surface area contributed by atoms with Crippen LogP contribution in [-0.2, 0) is 9.59 Å². The Labute approximate surface area is 202 Å². The number of halogens is 4. The molecular formula is C23H20ClF3N2O6. The van der Waals surface area contributed by atoms with Crippen LogP contribution in [0.1, 0.15) is 25.7 Å². The molecule has 0 radical (unpaired) electrons. The maximum absolute atomic E-state index is 13.5. The number of amides is 2. The highest BCUT2D eigenvalue weighted by atomic mass is 35.5. The lowest BCUT2D eigenvalue weighted by atomic mass is 9.71. The molecule has 12 heteroatoms. The lowest BCUT2D eigenvalue weighted by Gasteiger charge is -2.48. The summed E-state index contributed by atoms with van der Waals surface area (Å²) >= 11 is 5.63. The van der Waals surface area contributed by atoms with Gasteiger partial charge in [0, 0.05) is 23.2 Å². The Kier molecular flexibility index (Phi) is 5.62. The van der Waals surface area contributed by atoms with Crippen molar-refractivity contribution in [2.45, 2.75) is 43.1 Å². The summed E-state index contributed by atoms with van der Waals surface area (Å²) < 4.78 is 59.1. The molecule has 8 nitrogen and oxygen atoms in total. The largest absolute Gasteiger partial charge is 0.586 e. The van der Waals surface area contributed by atoms with Gasteiger partial charge in [-0.15, -0.1) is 8.78 Å². The van der Waals surface area contributed by atoms with E-state index in [0.717, 1.165) is 6.07 Å². The Balaban J connectivity index is 1.06. The Morgan fingerprint density at radius 1 is 0.886 bits per heavy atom. The minimum atomic E-state index is -3.73. The van der Waals surface area contributed by atoms with E-state index in [4.69, 9.17) is 21.1 Å². The van der Waals surface area contributed by atoms with E-state index in [-0.39, 0.29) is 53.0 Å². The van der Waals surface area contributed by atoms with Gasteiger partial charge in [0.25, 0.3) is 11.8 Å². The van der Waals surface area contributed by atoms with Crippen LogP contribution in [0.4, 0.5) is 13.2 Å². The molecule has 4 aliphatic rings. The van der Waals surface area contributed by atoms with Gasteiger partial charge in [0.2, 0.25) is 0 Å². The minimum Gasteiger partial charge on any atom is -0.484 e. The lowest BCUT2D eigenvalue weighted by Crippen LogP contribution is -2.65. The van der Waals surface area contributed by atoms with Gasteiger partial charge in [-0.05, 0) is 49.9 Å². The van der Waals surface area contributed by atoms with Crippen molar-refractivity contribution in [1.29, 1.82) is 0 Å². The molecule has 0 saturated heterocycles. The molecule has 2 aromatic carbocycles. The van der Waals surface area contributed by atoms with Crippen molar-refractivity contribution in [2.24, 2.45) is 0 Å². The number of benzene rings is 2. The highest BCUT2D eigenvalue weighted by molar-refractivity contribution is 6.30. The molecule has 3 fully saturated rings. The van der Waals surface area contributed by atoms with Crippen LogP contribution < -0.4 is 29.6 Å². The van der Waals surface area contributed by atoms with E-state index in [1.165, 1.54) is 30.3 Å². The average molecular weight is 513 g/mol. The van der Waals surface area contributed by atoms with Crippen molar-refractivity contribution in [3.63, 3.8) is 0 Å². The van der Waals surface area contributed by atoms with E-state index in [1.807, 2.05) is 0 Å². The molecule has 3 aliphatic carbocycles. The Morgan fingerprint density at radius 3 is 2.03 bits per heavy atom. The first-order chi connectivity index (χ1) is 16.5. The number of nitrogens with one attached hydrogen (secondary N) is 2. The highest BCUT2D eigenvalue weighted by Crippen LogP contribution is 2.55. The van der Waals surface area contributed by atoms with Gasteiger partial charge in [-0.1, -0.05) is 11.6 Å². The van der Waals surface area contributed by atoms with Gasteiger partial charge in [0.05, 0.1) is 5.02 Å². The molecule has 0 unspecified atom stereocenters. The van der Waals surface area contributed by atoms with E-state index in [1.54, 1.807) is 0 Å². The summed E-state index contributed by atoms with van der Waals surface area (Å²) in [5, 5.41) is 5.86.